The summed E-state index contributed by atoms with van der Waals surface area (Å²) in [5, 5.41) is 3.36. The van der Waals surface area contributed by atoms with Crippen molar-refractivity contribution < 1.29 is 0 Å². The molecule has 0 bridgehead atoms. The van der Waals surface area contributed by atoms with Crippen molar-refractivity contribution in [3.05, 3.63) is 0 Å². The van der Waals surface area contributed by atoms with Crippen molar-refractivity contribution in [1.82, 2.24) is 10.2 Å². The Morgan fingerprint density at radius 1 is 1.00 bits per heavy atom. The molecule has 0 radical (unpaired) electrons. The van der Waals surface area contributed by atoms with E-state index < -0.39 is 0 Å². The third-order valence-corrected chi connectivity index (χ3v) is 4.52. The first-order valence-electron chi connectivity index (χ1n) is 6.73. The second-order valence-corrected chi connectivity index (χ2v) is 5.76. The molecule has 16 heavy (non-hydrogen) atoms. The summed E-state index contributed by atoms with van der Waals surface area (Å²) in [4.78, 5) is 2.53. The van der Waals surface area contributed by atoms with E-state index >= 15 is 0 Å². The number of hydrogen-bond donors (Lipinski definition) is 1. The number of rotatable bonds is 8. The molecule has 0 saturated heterocycles. The Balaban J connectivity index is 4.62. The molecule has 0 aromatic heterocycles. The molecule has 0 fully saturated rings. The van der Waals surface area contributed by atoms with Gasteiger partial charge in [-0.25, -0.2) is 0 Å². The molecular weight excluding hydrogens is 196 g/mol. The molecule has 0 aliphatic heterocycles. The maximum atomic E-state index is 3.36. The summed E-state index contributed by atoms with van der Waals surface area (Å²) in [7, 11) is 4.32. The molecule has 98 valence electrons. The molecule has 0 heterocycles. The van der Waals surface area contributed by atoms with E-state index in [2.05, 4.69) is 58.9 Å². The van der Waals surface area contributed by atoms with Gasteiger partial charge in [-0.15, -0.1) is 0 Å². The van der Waals surface area contributed by atoms with Gasteiger partial charge in [0.2, 0.25) is 0 Å². The Morgan fingerprint density at radius 3 is 1.81 bits per heavy atom. The quantitative estimate of drug-likeness (QED) is 0.686. The molecule has 0 aromatic carbocycles. The van der Waals surface area contributed by atoms with Crippen molar-refractivity contribution in [3.8, 4) is 0 Å². The molecule has 0 aliphatic carbocycles. The lowest BCUT2D eigenvalue weighted by molar-refractivity contribution is 0.0759. The molecule has 0 atom stereocenters. The maximum Gasteiger partial charge on any atom is 0.0147 e. The van der Waals surface area contributed by atoms with Crippen LogP contribution in [0.25, 0.3) is 0 Å². The zero-order valence-corrected chi connectivity index (χ0v) is 12.5. The molecule has 0 aliphatic rings. The average molecular weight is 228 g/mol. The van der Waals surface area contributed by atoms with E-state index in [0.717, 1.165) is 6.54 Å². The van der Waals surface area contributed by atoms with Crippen molar-refractivity contribution in [2.75, 3.05) is 27.2 Å². The zero-order chi connectivity index (χ0) is 12.8. The van der Waals surface area contributed by atoms with Gasteiger partial charge in [-0.2, -0.15) is 0 Å². The molecule has 0 saturated carbocycles. The first kappa shape index (κ1) is 15.9. The fraction of sp³-hybridized carbons (Fsp3) is 1.00. The summed E-state index contributed by atoms with van der Waals surface area (Å²) >= 11 is 0. The topological polar surface area (TPSA) is 15.3 Å². The van der Waals surface area contributed by atoms with Crippen LogP contribution in [0.4, 0.5) is 0 Å². The van der Waals surface area contributed by atoms with E-state index in [-0.39, 0.29) is 0 Å². The lowest BCUT2D eigenvalue weighted by atomic mass is 9.80. The third-order valence-electron chi connectivity index (χ3n) is 4.52. The Labute approximate surface area is 103 Å². The van der Waals surface area contributed by atoms with Crippen LogP contribution in [0.3, 0.4) is 0 Å². The Bertz CT molecular complexity index is 183. The molecule has 0 spiro atoms. The molecule has 0 unspecified atom stereocenters. The standard InChI is InChI=1S/C14H32N2/c1-8-13(4,5)16(7)12-14(9-2,10-3)11-15-6/h15H,8-12H2,1-7H3. The summed E-state index contributed by atoms with van der Waals surface area (Å²) in [6.45, 7) is 13.9. The minimum absolute atomic E-state index is 0.309. The van der Waals surface area contributed by atoms with Crippen LogP contribution in [0.1, 0.15) is 53.9 Å². The molecule has 0 amide bonds. The summed E-state index contributed by atoms with van der Waals surface area (Å²) in [6.07, 6.45) is 3.69. The summed E-state index contributed by atoms with van der Waals surface area (Å²) < 4.78 is 0. The van der Waals surface area contributed by atoms with Gasteiger partial charge in [0, 0.05) is 18.6 Å². The lowest BCUT2D eigenvalue weighted by Gasteiger charge is -2.42. The smallest absolute Gasteiger partial charge is 0.0147 e. The average Bonchev–Trinajstić information content (AvgIpc) is 2.28. The molecule has 1 N–H and O–H groups in total. The molecular formula is C14H32N2. The van der Waals surface area contributed by atoms with E-state index in [4.69, 9.17) is 0 Å². The fourth-order valence-electron chi connectivity index (χ4n) is 2.14. The summed E-state index contributed by atoms with van der Waals surface area (Å²) in [6, 6.07) is 0. The van der Waals surface area contributed by atoms with Crippen LogP contribution in [0.2, 0.25) is 0 Å². The number of nitrogens with one attached hydrogen (secondary N) is 1. The lowest BCUT2D eigenvalue weighted by Crippen LogP contribution is -2.49. The number of nitrogens with zero attached hydrogens (tertiary/aromatic N) is 1. The van der Waals surface area contributed by atoms with Gasteiger partial charge in [0.1, 0.15) is 0 Å². The van der Waals surface area contributed by atoms with E-state index in [1.165, 1.54) is 25.8 Å². The SMILES string of the molecule is CCC(CC)(CNC)CN(C)C(C)(C)CC. The molecule has 0 aromatic rings. The van der Waals surface area contributed by atoms with Gasteiger partial charge in [0.05, 0.1) is 0 Å². The van der Waals surface area contributed by atoms with Crippen molar-refractivity contribution >= 4 is 0 Å². The number of hydrogen-bond acceptors (Lipinski definition) is 2. The highest BCUT2D eigenvalue weighted by molar-refractivity contribution is 4.87. The van der Waals surface area contributed by atoms with E-state index in [0.29, 0.717) is 11.0 Å². The van der Waals surface area contributed by atoms with Crippen LogP contribution in [0.5, 0.6) is 0 Å². The van der Waals surface area contributed by atoms with E-state index in [9.17, 15) is 0 Å². The van der Waals surface area contributed by atoms with Gasteiger partial charge in [-0.3, -0.25) is 0 Å². The highest BCUT2D eigenvalue weighted by atomic mass is 15.2. The Morgan fingerprint density at radius 2 is 1.50 bits per heavy atom. The first-order valence-corrected chi connectivity index (χ1v) is 6.73. The van der Waals surface area contributed by atoms with Crippen LogP contribution in [0.15, 0.2) is 0 Å². The highest BCUT2D eigenvalue weighted by Gasteiger charge is 2.31. The van der Waals surface area contributed by atoms with Crippen LogP contribution in [-0.4, -0.2) is 37.6 Å². The molecule has 2 nitrogen and oxygen atoms in total. The molecule has 2 heteroatoms. The van der Waals surface area contributed by atoms with Crippen molar-refractivity contribution in [2.24, 2.45) is 5.41 Å². The highest BCUT2D eigenvalue weighted by Crippen LogP contribution is 2.29. The fourth-order valence-corrected chi connectivity index (χ4v) is 2.14. The Kier molecular flexibility index (Phi) is 6.57. The second-order valence-electron chi connectivity index (χ2n) is 5.76. The van der Waals surface area contributed by atoms with Gasteiger partial charge in [-0.05, 0) is 52.6 Å². The monoisotopic (exact) mass is 228 g/mol. The van der Waals surface area contributed by atoms with E-state index in [1.807, 2.05) is 0 Å². The largest absolute Gasteiger partial charge is 0.319 e. The summed E-state index contributed by atoms with van der Waals surface area (Å²) in [5.41, 5.74) is 0.735. The minimum atomic E-state index is 0.309. The van der Waals surface area contributed by atoms with Crippen LogP contribution in [-0.2, 0) is 0 Å². The van der Waals surface area contributed by atoms with Gasteiger partial charge in [-0.1, -0.05) is 20.8 Å². The van der Waals surface area contributed by atoms with Gasteiger partial charge in [0.25, 0.3) is 0 Å². The van der Waals surface area contributed by atoms with E-state index in [1.54, 1.807) is 0 Å². The predicted molar refractivity (Wildman–Crippen MR) is 73.9 cm³/mol. The minimum Gasteiger partial charge on any atom is -0.319 e. The second kappa shape index (κ2) is 6.61. The van der Waals surface area contributed by atoms with Crippen LogP contribution < -0.4 is 5.32 Å². The third kappa shape index (κ3) is 4.06. The normalized spacial score (nSPS) is 13.5. The zero-order valence-electron chi connectivity index (χ0n) is 12.5. The van der Waals surface area contributed by atoms with Crippen molar-refractivity contribution in [3.63, 3.8) is 0 Å². The summed E-state index contributed by atoms with van der Waals surface area (Å²) in [5.74, 6) is 0. The molecule has 0 rings (SSSR count). The maximum absolute atomic E-state index is 3.36. The van der Waals surface area contributed by atoms with Crippen molar-refractivity contribution in [1.29, 1.82) is 0 Å². The van der Waals surface area contributed by atoms with Crippen molar-refractivity contribution in [2.45, 2.75) is 59.4 Å². The Hall–Kier alpha value is -0.0800. The van der Waals surface area contributed by atoms with Crippen LogP contribution in [0, 0.1) is 5.41 Å². The van der Waals surface area contributed by atoms with Gasteiger partial charge >= 0.3 is 0 Å². The van der Waals surface area contributed by atoms with Gasteiger partial charge < -0.3 is 10.2 Å². The van der Waals surface area contributed by atoms with Gasteiger partial charge in [0.15, 0.2) is 0 Å². The first-order chi connectivity index (χ1) is 7.37. The predicted octanol–water partition coefficient (Wildman–Crippen LogP) is 3.13. The van der Waals surface area contributed by atoms with Crippen LogP contribution >= 0.6 is 0 Å².